The van der Waals surface area contributed by atoms with E-state index < -0.39 is 0 Å². The predicted octanol–water partition coefficient (Wildman–Crippen LogP) is 0.685. The first-order valence-electron chi connectivity index (χ1n) is 6.53. The van der Waals surface area contributed by atoms with Crippen molar-refractivity contribution in [3.63, 3.8) is 0 Å². The van der Waals surface area contributed by atoms with Crippen LogP contribution in [-0.2, 0) is 20.9 Å². The molecule has 1 atom stereocenters. The van der Waals surface area contributed by atoms with Crippen molar-refractivity contribution in [3.05, 3.63) is 18.5 Å². The summed E-state index contributed by atoms with van der Waals surface area (Å²) in [5.41, 5.74) is 0. The Morgan fingerprint density at radius 2 is 2.32 bits per heavy atom. The van der Waals surface area contributed by atoms with Crippen LogP contribution in [0.4, 0.5) is 0 Å². The number of carbonyl (C=O) groups excluding carboxylic acids is 2. The Bertz CT molecular complexity index is 430. The van der Waals surface area contributed by atoms with E-state index in [1.54, 1.807) is 15.8 Å². The van der Waals surface area contributed by atoms with Crippen molar-refractivity contribution in [3.8, 4) is 0 Å². The molecule has 0 spiro atoms. The molecule has 104 valence electrons. The van der Waals surface area contributed by atoms with Crippen molar-refractivity contribution in [2.45, 2.75) is 25.8 Å². The minimum atomic E-state index is -0.218. The molecule has 0 N–H and O–H groups in total. The lowest BCUT2D eigenvalue weighted by molar-refractivity contribution is -0.149. The van der Waals surface area contributed by atoms with E-state index in [0.29, 0.717) is 19.5 Å². The number of amides is 1. The molecule has 2 rings (SSSR count). The van der Waals surface area contributed by atoms with Crippen LogP contribution in [-0.4, -0.2) is 46.8 Å². The normalized spacial score (nSPS) is 19.2. The van der Waals surface area contributed by atoms with Gasteiger partial charge in [0.2, 0.25) is 5.91 Å². The van der Waals surface area contributed by atoms with Crippen LogP contribution in [0.2, 0.25) is 0 Å². The van der Waals surface area contributed by atoms with Gasteiger partial charge in [-0.25, -0.2) is 0 Å². The summed E-state index contributed by atoms with van der Waals surface area (Å²) in [6.07, 6.45) is 5.60. The van der Waals surface area contributed by atoms with Gasteiger partial charge in [-0.15, -0.1) is 0 Å². The topological polar surface area (TPSA) is 64.4 Å². The smallest absolute Gasteiger partial charge is 0.310 e. The number of carbonyl (C=O) groups is 2. The van der Waals surface area contributed by atoms with Gasteiger partial charge in [-0.3, -0.25) is 14.3 Å². The maximum absolute atomic E-state index is 12.1. The molecule has 1 aliphatic rings. The number of methoxy groups -OCH3 is 1. The molecule has 1 aromatic heterocycles. The van der Waals surface area contributed by atoms with Gasteiger partial charge in [-0.1, -0.05) is 0 Å². The Kier molecular flexibility index (Phi) is 4.54. The molecule has 2 heterocycles. The average Bonchev–Trinajstić information content (AvgIpc) is 2.97. The second-order valence-corrected chi connectivity index (χ2v) is 4.72. The number of ether oxygens (including phenoxy) is 1. The van der Waals surface area contributed by atoms with Crippen LogP contribution < -0.4 is 0 Å². The van der Waals surface area contributed by atoms with Crippen molar-refractivity contribution in [1.82, 2.24) is 14.7 Å². The van der Waals surface area contributed by atoms with Gasteiger partial charge in [-0.2, -0.15) is 5.10 Å². The molecular formula is C13H19N3O3. The highest BCUT2D eigenvalue weighted by atomic mass is 16.5. The van der Waals surface area contributed by atoms with E-state index in [1.807, 2.05) is 12.3 Å². The SMILES string of the molecule is COC(=O)[C@H]1CCCN(C(=O)CCn2cccn2)C1. The highest BCUT2D eigenvalue weighted by Gasteiger charge is 2.28. The van der Waals surface area contributed by atoms with Gasteiger partial charge in [0.05, 0.1) is 13.0 Å². The summed E-state index contributed by atoms with van der Waals surface area (Å²) in [5.74, 6) is -0.318. The third-order valence-corrected chi connectivity index (χ3v) is 3.42. The molecule has 0 unspecified atom stereocenters. The van der Waals surface area contributed by atoms with E-state index >= 15 is 0 Å². The van der Waals surface area contributed by atoms with Crippen LogP contribution in [0, 0.1) is 5.92 Å². The summed E-state index contributed by atoms with van der Waals surface area (Å²) in [6, 6.07) is 1.83. The van der Waals surface area contributed by atoms with Crippen molar-refractivity contribution >= 4 is 11.9 Å². The van der Waals surface area contributed by atoms with Crippen molar-refractivity contribution < 1.29 is 14.3 Å². The van der Waals surface area contributed by atoms with Gasteiger partial charge in [0.1, 0.15) is 0 Å². The van der Waals surface area contributed by atoms with Gasteiger partial charge >= 0.3 is 5.97 Å². The number of likely N-dealkylation sites (tertiary alicyclic amines) is 1. The monoisotopic (exact) mass is 265 g/mol. The molecule has 1 aliphatic heterocycles. The summed E-state index contributed by atoms with van der Waals surface area (Å²) in [6.45, 7) is 1.78. The molecule has 0 aromatic carbocycles. The Balaban J connectivity index is 1.83. The molecule has 19 heavy (non-hydrogen) atoms. The molecule has 0 aliphatic carbocycles. The van der Waals surface area contributed by atoms with E-state index in [4.69, 9.17) is 4.74 Å². The lowest BCUT2D eigenvalue weighted by Gasteiger charge is -2.31. The quantitative estimate of drug-likeness (QED) is 0.751. The van der Waals surface area contributed by atoms with Gasteiger partial charge < -0.3 is 9.64 Å². The zero-order chi connectivity index (χ0) is 13.7. The highest BCUT2D eigenvalue weighted by molar-refractivity contribution is 5.78. The average molecular weight is 265 g/mol. The predicted molar refractivity (Wildman–Crippen MR) is 68.2 cm³/mol. The fourth-order valence-electron chi connectivity index (χ4n) is 2.36. The fraction of sp³-hybridized carbons (Fsp3) is 0.615. The first-order valence-corrected chi connectivity index (χ1v) is 6.53. The Morgan fingerprint density at radius 3 is 3.00 bits per heavy atom. The van der Waals surface area contributed by atoms with Gasteiger partial charge in [-0.05, 0) is 18.9 Å². The second kappa shape index (κ2) is 6.36. The number of esters is 1. The second-order valence-electron chi connectivity index (χ2n) is 4.72. The lowest BCUT2D eigenvalue weighted by Crippen LogP contribution is -2.42. The van der Waals surface area contributed by atoms with Crippen LogP contribution in [0.15, 0.2) is 18.5 Å². The van der Waals surface area contributed by atoms with Crippen LogP contribution in [0.1, 0.15) is 19.3 Å². The van der Waals surface area contributed by atoms with Gasteiger partial charge in [0, 0.05) is 38.4 Å². The summed E-state index contributed by atoms with van der Waals surface area (Å²) < 4.78 is 6.48. The molecule has 1 fully saturated rings. The zero-order valence-electron chi connectivity index (χ0n) is 11.1. The molecule has 0 bridgehead atoms. The molecule has 1 saturated heterocycles. The van der Waals surface area contributed by atoms with E-state index in [-0.39, 0.29) is 17.8 Å². The Labute approximate surface area is 112 Å². The lowest BCUT2D eigenvalue weighted by atomic mass is 9.98. The van der Waals surface area contributed by atoms with Gasteiger partial charge in [0.15, 0.2) is 0 Å². The fourth-order valence-corrected chi connectivity index (χ4v) is 2.36. The van der Waals surface area contributed by atoms with E-state index in [2.05, 4.69) is 5.10 Å². The van der Waals surface area contributed by atoms with Crippen molar-refractivity contribution in [2.24, 2.45) is 5.92 Å². The number of rotatable bonds is 4. The first kappa shape index (κ1) is 13.6. The first-order chi connectivity index (χ1) is 9.20. The third-order valence-electron chi connectivity index (χ3n) is 3.42. The Morgan fingerprint density at radius 1 is 1.47 bits per heavy atom. The maximum atomic E-state index is 12.1. The summed E-state index contributed by atoms with van der Waals surface area (Å²) in [7, 11) is 1.39. The number of aryl methyl sites for hydroxylation is 1. The number of nitrogens with zero attached hydrogens (tertiary/aromatic N) is 3. The molecule has 6 heteroatoms. The maximum Gasteiger partial charge on any atom is 0.310 e. The summed E-state index contributed by atoms with van der Waals surface area (Å²) in [4.78, 5) is 25.3. The van der Waals surface area contributed by atoms with Crippen LogP contribution >= 0.6 is 0 Å². The van der Waals surface area contributed by atoms with Crippen LogP contribution in [0.25, 0.3) is 0 Å². The molecular weight excluding hydrogens is 246 g/mol. The van der Waals surface area contributed by atoms with E-state index in [1.165, 1.54) is 7.11 Å². The highest BCUT2D eigenvalue weighted by Crippen LogP contribution is 2.18. The van der Waals surface area contributed by atoms with E-state index in [9.17, 15) is 9.59 Å². The molecule has 1 aromatic rings. The number of hydrogen-bond acceptors (Lipinski definition) is 4. The molecule has 6 nitrogen and oxygen atoms in total. The molecule has 0 saturated carbocycles. The molecule has 0 radical (unpaired) electrons. The molecule has 1 amide bonds. The van der Waals surface area contributed by atoms with Gasteiger partial charge in [0.25, 0.3) is 0 Å². The number of hydrogen-bond donors (Lipinski definition) is 0. The van der Waals surface area contributed by atoms with Crippen molar-refractivity contribution in [1.29, 1.82) is 0 Å². The summed E-state index contributed by atoms with van der Waals surface area (Å²) in [5, 5.41) is 4.06. The minimum Gasteiger partial charge on any atom is -0.469 e. The zero-order valence-corrected chi connectivity index (χ0v) is 11.1. The standard InChI is InChI=1S/C13H19N3O3/c1-19-13(18)11-4-2-7-15(10-11)12(17)5-9-16-8-3-6-14-16/h3,6,8,11H,2,4-5,7,9-10H2,1H3/t11-/m0/s1. The van der Waals surface area contributed by atoms with E-state index in [0.717, 1.165) is 19.4 Å². The van der Waals surface area contributed by atoms with Crippen LogP contribution in [0.3, 0.4) is 0 Å². The summed E-state index contributed by atoms with van der Waals surface area (Å²) >= 11 is 0. The Hall–Kier alpha value is -1.85. The number of piperidine rings is 1. The van der Waals surface area contributed by atoms with Crippen molar-refractivity contribution in [2.75, 3.05) is 20.2 Å². The minimum absolute atomic E-state index is 0.0732. The van der Waals surface area contributed by atoms with Crippen LogP contribution in [0.5, 0.6) is 0 Å². The third kappa shape index (κ3) is 3.56. The number of aromatic nitrogens is 2. The largest absolute Gasteiger partial charge is 0.469 e.